The number of hydrogen-bond donors (Lipinski definition) is 2. The van der Waals surface area contributed by atoms with Crippen LogP contribution in [0.3, 0.4) is 0 Å². The van der Waals surface area contributed by atoms with Gasteiger partial charge in [-0.1, -0.05) is 41.6 Å². The molecule has 128 valence electrons. The molecule has 0 aliphatic rings. The predicted octanol–water partition coefficient (Wildman–Crippen LogP) is 3.10. The van der Waals surface area contributed by atoms with Gasteiger partial charge in [0.05, 0.1) is 5.75 Å². The average Bonchev–Trinajstić information content (AvgIpc) is 2.96. The number of nitrogens with two attached hydrogens (primary N) is 1. The molecule has 6 nitrogen and oxygen atoms in total. The van der Waals surface area contributed by atoms with E-state index in [9.17, 15) is 4.79 Å². The molecule has 0 spiro atoms. The van der Waals surface area contributed by atoms with Crippen molar-refractivity contribution >= 4 is 29.0 Å². The zero-order valence-electron chi connectivity index (χ0n) is 14.1. The number of rotatable bonds is 5. The van der Waals surface area contributed by atoms with Crippen LogP contribution in [0.15, 0.2) is 53.7 Å². The van der Waals surface area contributed by atoms with Crippen molar-refractivity contribution in [2.45, 2.75) is 12.1 Å². The lowest BCUT2D eigenvalue weighted by atomic mass is 10.2. The molecule has 0 saturated heterocycles. The number of nitrogens with one attached hydrogen (secondary N) is 1. The fraction of sp³-hybridized carbons (Fsp3) is 0.167. The summed E-state index contributed by atoms with van der Waals surface area (Å²) in [5.41, 5.74) is 9.41. The molecule has 0 aliphatic carbocycles. The van der Waals surface area contributed by atoms with Crippen LogP contribution < -0.4 is 11.1 Å². The number of aromatic nitrogens is 3. The highest BCUT2D eigenvalue weighted by Crippen LogP contribution is 2.26. The van der Waals surface area contributed by atoms with Crippen LogP contribution in [0.1, 0.15) is 5.56 Å². The number of carbonyl (C=O) groups excluding carboxylic acids is 1. The van der Waals surface area contributed by atoms with E-state index in [1.165, 1.54) is 11.8 Å². The lowest BCUT2D eigenvalue weighted by molar-refractivity contribution is -0.113. The minimum Gasteiger partial charge on any atom is -0.398 e. The Kier molecular flexibility index (Phi) is 5.04. The van der Waals surface area contributed by atoms with Crippen LogP contribution in [-0.4, -0.2) is 26.4 Å². The molecule has 0 bridgehead atoms. The lowest BCUT2D eigenvalue weighted by Gasteiger charge is -2.07. The summed E-state index contributed by atoms with van der Waals surface area (Å²) in [5, 5.41) is 11.9. The van der Waals surface area contributed by atoms with E-state index in [0.717, 1.165) is 16.8 Å². The number of amides is 1. The second-order valence-corrected chi connectivity index (χ2v) is 6.60. The van der Waals surface area contributed by atoms with Gasteiger partial charge in [-0.2, -0.15) is 0 Å². The zero-order chi connectivity index (χ0) is 17.8. The van der Waals surface area contributed by atoms with E-state index in [1.54, 1.807) is 0 Å². The van der Waals surface area contributed by atoms with Gasteiger partial charge in [0.1, 0.15) is 0 Å². The molecule has 0 radical (unpaired) electrons. The van der Waals surface area contributed by atoms with Crippen LogP contribution in [0.4, 0.5) is 11.4 Å². The molecule has 3 rings (SSSR count). The maximum atomic E-state index is 12.1. The number of aryl methyl sites for hydroxylation is 1. The Balaban J connectivity index is 1.65. The van der Waals surface area contributed by atoms with E-state index in [-0.39, 0.29) is 11.7 Å². The monoisotopic (exact) mass is 353 g/mol. The van der Waals surface area contributed by atoms with E-state index in [1.807, 2.05) is 67.1 Å². The Hall–Kier alpha value is -2.80. The molecule has 0 fully saturated rings. The van der Waals surface area contributed by atoms with E-state index in [2.05, 4.69) is 15.5 Å². The Morgan fingerprint density at radius 2 is 1.88 bits per heavy atom. The van der Waals surface area contributed by atoms with Gasteiger partial charge in [-0.3, -0.25) is 4.79 Å². The summed E-state index contributed by atoms with van der Waals surface area (Å²) in [6.07, 6.45) is 0. The molecule has 0 saturated carbocycles. The van der Waals surface area contributed by atoms with Crippen LogP contribution in [0, 0.1) is 6.92 Å². The van der Waals surface area contributed by atoms with Gasteiger partial charge in [0, 0.05) is 24.0 Å². The zero-order valence-corrected chi connectivity index (χ0v) is 14.9. The van der Waals surface area contributed by atoms with E-state index >= 15 is 0 Å². The third-order valence-electron chi connectivity index (χ3n) is 3.70. The Bertz CT molecular complexity index is 889. The number of benzene rings is 2. The molecule has 7 heteroatoms. The molecule has 2 aromatic carbocycles. The summed E-state index contributed by atoms with van der Waals surface area (Å²) >= 11 is 1.34. The van der Waals surface area contributed by atoms with Crippen molar-refractivity contribution in [1.29, 1.82) is 0 Å². The molecular weight excluding hydrogens is 334 g/mol. The summed E-state index contributed by atoms with van der Waals surface area (Å²) in [4.78, 5) is 12.1. The molecule has 0 aliphatic heterocycles. The molecule has 3 N–H and O–H groups in total. The first-order valence-corrected chi connectivity index (χ1v) is 8.77. The summed E-state index contributed by atoms with van der Waals surface area (Å²) in [5.74, 6) is 0.849. The topological polar surface area (TPSA) is 85.8 Å². The average molecular weight is 353 g/mol. The fourth-order valence-electron chi connectivity index (χ4n) is 2.34. The molecule has 1 aromatic heterocycles. The van der Waals surface area contributed by atoms with Crippen LogP contribution in [0.25, 0.3) is 11.4 Å². The standard InChI is InChI=1S/C18H19N5OS/c1-12-7-9-13(10-8-12)20-16(24)11-25-18-22-21-17(23(18)2)14-5-3-4-6-15(14)19/h3-10H,11,19H2,1-2H3,(H,20,24). The summed E-state index contributed by atoms with van der Waals surface area (Å²) in [6.45, 7) is 2.01. The quantitative estimate of drug-likeness (QED) is 0.544. The largest absolute Gasteiger partial charge is 0.398 e. The van der Waals surface area contributed by atoms with Crippen molar-refractivity contribution in [3.8, 4) is 11.4 Å². The van der Waals surface area contributed by atoms with Crippen LogP contribution in [0.2, 0.25) is 0 Å². The molecule has 0 unspecified atom stereocenters. The first-order valence-electron chi connectivity index (χ1n) is 7.78. The van der Waals surface area contributed by atoms with Gasteiger partial charge in [-0.15, -0.1) is 10.2 Å². The number of carbonyl (C=O) groups is 1. The Morgan fingerprint density at radius 3 is 2.60 bits per heavy atom. The van der Waals surface area contributed by atoms with E-state index in [0.29, 0.717) is 16.7 Å². The van der Waals surface area contributed by atoms with Gasteiger partial charge < -0.3 is 15.6 Å². The molecule has 3 aromatic rings. The van der Waals surface area contributed by atoms with Crippen molar-refractivity contribution in [2.75, 3.05) is 16.8 Å². The first kappa shape index (κ1) is 17.0. The van der Waals surface area contributed by atoms with Gasteiger partial charge in [0.15, 0.2) is 11.0 Å². The first-order chi connectivity index (χ1) is 12.0. The fourth-order valence-corrected chi connectivity index (χ4v) is 3.05. The van der Waals surface area contributed by atoms with Gasteiger partial charge in [0.2, 0.25) is 5.91 Å². The van der Waals surface area contributed by atoms with Gasteiger partial charge in [-0.05, 0) is 31.2 Å². The van der Waals surface area contributed by atoms with Crippen LogP contribution in [-0.2, 0) is 11.8 Å². The maximum absolute atomic E-state index is 12.1. The number of nitrogens with zero attached hydrogens (tertiary/aromatic N) is 3. The Labute approximate surface area is 150 Å². The summed E-state index contributed by atoms with van der Waals surface area (Å²) in [6, 6.07) is 15.2. The third kappa shape index (κ3) is 4.00. The van der Waals surface area contributed by atoms with Gasteiger partial charge in [-0.25, -0.2) is 0 Å². The maximum Gasteiger partial charge on any atom is 0.234 e. The smallest absolute Gasteiger partial charge is 0.234 e. The van der Waals surface area contributed by atoms with Crippen molar-refractivity contribution in [2.24, 2.45) is 7.05 Å². The minimum absolute atomic E-state index is 0.0855. The predicted molar refractivity (Wildman–Crippen MR) is 101 cm³/mol. The molecule has 0 atom stereocenters. The highest BCUT2D eigenvalue weighted by atomic mass is 32.2. The van der Waals surface area contributed by atoms with Crippen molar-refractivity contribution < 1.29 is 4.79 Å². The van der Waals surface area contributed by atoms with Crippen LogP contribution >= 0.6 is 11.8 Å². The third-order valence-corrected chi connectivity index (χ3v) is 4.72. The summed E-state index contributed by atoms with van der Waals surface area (Å²) < 4.78 is 1.84. The molecule has 25 heavy (non-hydrogen) atoms. The van der Waals surface area contributed by atoms with Crippen LogP contribution in [0.5, 0.6) is 0 Å². The number of para-hydroxylation sites is 1. The number of hydrogen-bond acceptors (Lipinski definition) is 5. The summed E-state index contributed by atoms with van der Waals surface area (Å²) in [7, 11) is 1.86. The van der Waals surface area contributed by atoms with Crippen molar-refractivity contribution in [1.82, 2.24) is 14.8 Å². The number of nitrogen functional groups attached to an aromatic ring is 1. The highest BCUT2D eigenvalue weighted by molar-refractivity contribution is 7.99. The Morgan fingerprint density at radius 1 is 1.16 bits per heavy atom. The number of anilines is 2. The highest BCUT2D eigenvalue weighted by Gasteiger charge is 2.14. The van der Waals surface area contributed by atoms with Gasteiger partial charge >= 0.3 is 0 Å². The molecule has 1 amide bonds. The second-order valence-electron chi connectivity index (χ2n) is 5.66. The molecular formula is C18H19N5OS. The van der Waals surface area contributed by atoms with Crippen molar-refractivity contribution in [3.05, 3.63) is 54.1 Å². The number of thioether (sulfide) groups is 1. The minimum atomic E-state index is -0.0855. The SMILES string of the molecule is Cc1ccc(NC(=O)CSc2nnc(-c3ccccc3N)n2C)cc1. The van der Waals surface area contributed by atoms with Crippen molar-refractivity contribution in [3.63, 3.8) is 0 Å². The van der Waals surface area contributed by atoms with E-state index < -0.39 is 0 Å². The molecule has 1 heterocycles. The normalized spacial score (nSPS) is 10.6. The van der Waals surface area contributed by atoms with Gasteiger partial charge in [0.25, 0.3) is 0 Å². The van der Waals surface area contributed by atoms with E-state index in [4.69, 9.17) is 5.73 Å². The lowest BCUT2D eigenvalue weighted by Crippen LogP contribution is -2.14. The second kappa shape index (κ2) is 7.40.